The monoisotopic (exact) mass is 285 g/mol. The number of hydrogen-bond acceptors (Lipinski definition) is 3. The summed E-state index contributed by atoms with van der Waals surface area (Å²) in [6.07, 6.45) is 0. The van der Waals surface area contributed by atoms with E-state index in [2.05, 4.69) is 5.32 Å². The molecule has 108 valence electrons. The first-order chi connectivity index (χ1) is 9.99. The lowest BCUT2D eigenvalue weighted by molar-refractivity contribution is -0.139. The van der Waals surface area contributed by atoms with Crippen LogP contribution in [-0.2, 0) is 4.79 Å². The number of nitrogens with one attached hydrogen (secondary N) is 1. The van der Waals surface area contributed by atoms with Crippen molar-refractivity contribution in [3.63, 3.8) is 0 Å². The molecule has 2 aromatic carbocycles. The van der Waals surface area contributed by atoms with Crippen LogP contribution in [0.3, 0.4) is 0 Å². The summed E-state index contributed by atoms with van der Waals surface area (Å²) in [6.45, 7) is 1.78. The zero-order valence-corrected chi connectivity index (χ0v) is 11.4. The summed E-state index contributed by atoms with van der Waals surface area (Å²) in [7, 11) is 0. The number of carboxylic acids is 1. The lowest BCUT2D eigenvalue weighted by atomic mass is 10.1. The molecule has 0 bridgehead atoms. The topological polar surface area (TPSA) is 86.6 Å². The van der Waals surface area contributed by atoms with E-state index in [9.17, 15) is 19.8 Å². The predicted molar refractivity (Wildman–Crippen MR) is 77.1 cm³/mol. The molecule has 0 unspecified atom stereocenters. The number of benzene rings is 2. The molecule has 0 saturated heterocycles. The van der Waals surface area contributed by atoms with Gasteiger partial charge in [-0.2, -0.15) is 0 Å². The smallest absolute Gasteiger partial charge is 0.330 e. The summed E-state index contributed by atoms with van der Waals surface area (Å²) >= 11 is 0. The molecular formula is C16H15NO4. The normalized spacial score (nSPS) is 11.7. The number of amides is 1. The van der Waals surface area contributed by atoms with E-state index in [1.54, 1.807) is 43.3 Å². The third kappa shape index (κ3) is 3.39. The number of carbonyl (C=O) groups excluding carboxylic acids is 1. The summed E-state index contributed by atoms with van der Waals surface area (Å²) < 4.78 is 0. The summed E-state index contributed by atoms with van der Waals surface area (Å²) in [5.74, 6) is -1.98. The molecular weight excluding hydrogens is 270 g/mol. The number of phenols is 1. The minimum atomic E-state index is -1.17. The second-order valence-corrected chi connectivity index (χ2v) is 4.68. The number of carboxylic acid groups (broad SMARTS) is 1. The second-order valence-electron chi connectivity index (χ2n) is 4.68. The number of aryl methyl sites for hydroxylation is 1. The standard InChI is InChI=1S/C16H15NO4/c1-10-7-8-12(13(18)9-10)15(19)17-14(16(20)21)11-5-3-2-4-6-11/h2-9,14,18H,1H3,(H,17,19)(H,20,21)/t14-/m1/s1. The highest BCUT2D eigenvalue weighted by atomic mass is 16.4. The largest absolute Gasteiger partial charge is 0.507 e. The van der Waals surface area contributed by atoms with Gasteiger partial charge in [0.1, 0.15) is 5.75 Å². The SMILES string of the molecule is Cc1ccc(C(=O)N[C@@H](C(=O)O)c2ccccc2)c(O)c1. The van der Waals surface area contributed by atoms with Crippen LogP contribution in [0.15, 0.2) is 48.5 Å². The van der Waals surface area contributed by atoms with E-state index >= 15 is 0 Å². The molecule has 0 aromatic heterocycles. The minimum Gasteiger partial charge on any atom is -0.507 e. The molecule has 1 amide bonds. The van der Waals surface area contributed by atoms with Crippen molar-refractivity contribution in [2.45, 2.75) is 13.0 Å². The number of aromatic hydroxyl groups is 1. The van der Waals surface area contributed by atoms with E-state index < -0.39 is 17.9 Å². The maximum absolute atomic E-state index is 12.1. The molecule has 0 radical (unpaired) electrons. The van der Waals surface area contributed by atoms with Gasteiger partial charge in [-0.3, -0.25) is 4.79 Å². The minimum absolute atomic E-state index is 0.0442. The van der Waals surface area contributed by atoms with Gasteiger partial charge in [0, 0.05) is 0 Å². The Kier molecular flexibility index (Phi) is 4.23. The predicted octanol–water partition coefficient (Wildman–Crippen LogP) is 2.26. The average molecular weight is 285 g/mol. The average Bonchev–Trinajstić information content (AvgIpc) is 2.45. The van der Waals surface area contributed by atoms with E-state index in [4.69, 9.17) is 0 Å². The van der Waals surface area contributed by atoms with E-state index in [0.29, 0.717) is 5.56 Å². The number of rotatable bonds is 4. The van der Waals surface area contributed by atoms with Crippen LogP contribution in [0, 0.1) is 6.92 Å². The van der Waals surface area contributed by atoms with Crippen molar-refractivity contribution in [1.82, 2.24) is 5.32 Å². The van der Waals surface area contributed by atoms with E-state index in [1.807, 2.05) is 0 Å². The van der Waals surface area contributed by atoms with Crippen LogP contribution < -0.4 is 5.32 Å². The van der Waals surface area contributed by atoms with Crippen molar-refractivity contribution >= 4 is 11.9 Å². The molecule has 2 rings (SSSR count). The van der Waals surface area contributed by atoms with Crippen molar-refractivity contribution < 1.29 is 19.8 Å². The highest BCUT2D eigenvalue weighted by Crippen LogP contribution is 2.20. The molecule has 0 aliphatic carbocycles. The lowest BCUT2D eigenvalue weighted by Crippen LogP contribution is -2.33. The van der Waals surface area contributed by atoms with Gasteiger partial charge in [-0.1, -0.05) is 36.4 Å². The summed E-state index contributed by atoms with van der Waals surface area (Å²) in [4.78, 5) is 23.5. The first-order valence-corrected chi connectivity index (χ1v) is 6.37. The van der Waals surface area contributed by atoms with Gasteiger partial charge >= 0.3 is 5.97 Å². The third-order valence-corrected chi connectivity index (χ3v) is 3.05. The Morgan fingerprint density at radius 1 is 1.10 bits per heavy atom. The fraction of sp³-hybridized carbons (Fsp3) is 0.125. The highest BCUT2D eigenvalue weighted by Gasteiger charge is 2.23. The highest BCUT2D eigenvalue weighted by molar-refractivity contribution is 5.99. The van der Waals surface area contributed by atoms with Gasteiger partial charge in [-0.15, -0.1) is 0 Å². The molecule has 3 N–H and O–H groups in total. The van der Waals surface area contributed by atoms with Crippen molar-refractivity contribution in [3.8, 4) is 5.75 Å². The zero-order valence-electron chi connectivity index (χ0n) is 11.4. The summed E-state index contributed by atoms with van der Waals surface area (Å²) in [5, 5.41) is 21.4. The lowest BCUT2D eigenvalue weighted by Gasteiger charge is -2.15. The molecule has 5 nitrogen and oxygen atoms in total. The van der Waals surface area contributed by atoms with Gasteiger partial charge < -0.3 is 15.5 Å². The fourth-order valence-electron chi connectivity index (χ4n) is 1.98. The van der Waals surface area contributed by atoms with Crippen molar-refractivity contribution in [3.05, 3.63) is 65.2 Å². The molecule has 5 heteroatoms. The van der Waals surface area contributed by atoms with Gasteiger partial charge in [0.2, 0.25) is 0 Å². The van der Waals surface area contributed by atoms with Crippen LogP contribution in [-0.4, -0.2) is 22.1 Å². The van der Waals surface area contributed by atoms with Gasteiger partial charge in [0.25, 0.3) is 5.91 Å². The number of phenolic OH excluding ortho intramolecular Hbond substituents is 1. The second kappa shape index (κ2) is 6.09. The Labute approximate surface area is 121 Å². The molecule has 2 aromatic rings. The Bertz CT molecular complexity index is 667. The van der Waals surface area contributed by atoms with Crippen LogP contribution >= 0.6 is 0 Å². The van der Waals surface area contributed by atoms with Crippen LogP contribution in [0.4, 0.5) is 0 Å². The Balaban J connectivity index is 2.25. The van der Waals surface area contributed by atoms with E-state index in [0.717, 1.165) is 5.56 Å². The molecule has 0 aliphatic heterocycles. The van der Waals surface area contributed by atoms with Crippen LogP contribution in [0.2, 0.25) is 0 Å². The molecule has 21 heavy (non-hydrogen) atoms. The Morgan fingerprint density at radius 2 is 1.76 bits per heavy atom. The fourth-order valence-corrected chi connectivity index (χ4v) is 1.98. The molecule has 0 fully saturated rings. The number of aliphatic carboxylic acids is 1. The summed E-state index contributed by atoms with van der Waals surface area (Å²) in [5.41, 5.74) is 1.31. The zero-order chi connectivity index (χ0) is 15.4. The number of carbonyl (C=O) groups is 2. The Hall–Kier alpha value is -2.82. The van der Waals surface area contributed by atoms with E-state index in [-0.39, 0.29) is 11.3 Å². The Morgan fingerprint density at radius 3 is 2.33 bits per heavy atom. The maximum Gasteiger partial charge on any atom is 0.330 e. The molecule has 1 atom stereocenters. The first kappa shape index (κ1) is 14.6. The summed E-state index contributed by atoms with van der Waals surface area (Å²) in [6, 6.07) is 11.8. The van der Waals surface area contributed by atoms with Gasteiger partial charge in [-0.05, 0) is 30.2 Å². The van der Waals surface area contributed by atoms with Gasteiger partial charge in [0.05, 0.1) is 5.56 Å². The van der Waals surface area contributed by atoms with Gasteiger partial charge in [-0.25, -0.2) is 4.79 Å². The first-order valence-electron chi connectivity index (χ1n) is 6.37. The van der Waals surface area contributed by atoms with Crippen LogP contribution in [0.25, 0.3) is 0 Å². The molecule has 0 saturated carbocycles. The van der Waals surface area contributed by atoms with Crippen molar-refractivity contribution in [2.75, 3.05) is 0 Å². The van der Waals surface area contributed by atoms with E-state index in [1.165, 1.54) is 12.1 Å². The van der Waals surface area contributed by atoms with Crippen molar-refractivity contribution in [1.29, 1.82) is 0 Å². The van der Waals surface area contributed by atoms with Crippen LogP contribution in [0.1, 0.15) is 27.5 Å². The van der Waals surface area contributed by atoms with Crippen molar-refractivity contribution in [2.24, 2.45) is 0 Å². The number of hydrogen-bond donors (Lipinski definition) is 3. The third-order valence-electron chi connectivity index (χ3n) is 3.05. The molecule has 0 spiro atoms. The molecule has 0 aliphatic rings. The van der Waals surface area contributed by atoms with Crippen LogP contribution in [0.5, 0.6) is 5.75 Å². The van der Waals surface area contributed by atoms with Gasteiger partial charge in [0.15, 0.2) is 6.04 Å². The molecule has 0 heterocycles. The quantitative estimate of drug-likeness (QED) is 0.804. The maximum atomic E-state index is 12.1.